The van der Waals surface area contributed by atoms with Crippen LogP contribution in [0.15, 0.2) is 203 Å². The fourth-order valence-corrected chi connectivity index (χ4v) is 11.9. The Kier molecular flexibility index (Phi) is 9.36. The summed E-state index contributed by atoms with van der Waals surface area (Å²) in [5, 5.41) is 9.31. The molecule has 13 rings (SSSR count). The third-order valence-electron chi connectivity index (χ3n) is 15.2. The number of anilines is 6. The van der Waals surface area contributed by atoms with Crippen LogP contribution in [0.2, 0.25) is 0 Å². The third-order valence-corrected chi connectivity index (χ3v) is 15.2. The maximum atomic E-state index is 7.16. The lowest BCUT2D eigenvalue weighted by Gasteiger charge is -2.30. The first-order chi connectivity index (χ1) is 34.3. The van der Waals surface area contributed by atoms with Crippen molar-refractivity contribution in [2.24, 2.45) is 0 Å². The summed E-state index contributed by atoms with van der Waals surface area (Å²) < 4.78 is 14.2. The van der Waals surface area contributed by atoms with E-state index < -0.39 is 0 Å². The summed E-state index contributed by atoms with van der Waals surface area (Å²) in [5.74, 6) is 0. The predicted octanol–water partition coefficient (Wildman–Crippen LogP) is 19.6. The lowest BCUT2D eigenvalue weighted by atomic mass is 9.79. The van der Waals surface area contributed by atoms with Crippen molar-refractivity contribution in [3.05, 3.63) is 216 Å². The van der Waals surface area contributed by atoms with Crippen LogP contribution in [-0.4, -0.2) is 0 Å². The lowest BCUT2D eigenvalue weighted by Crippen LogP contribution is -2.17. The van der Waals surface area contributed by atoms with Crippen LogP contribution in [0.4, 0.5) is 34.1 Å². The number of para-hydroxylation sites is 6. The molecule has 2 aromatic heterocycles. The average Bonchev–Trinajstić information content (AvgIpc) is 4.02. The molecule has 0 saturated carbocycles. The van der Waals surface area contributed by atoms with Gasteiger partial charge in [0, 0.05) is 66.1 Å². The third kappa shape index (κ3) is 6.50. The van der Waals surface area contributed by atoms with E-state index in [1.165, 1.54) is 54.9 Å². The molecule has 1 aliphatic carbocycles. The van der Waals surface area contributed by atoms with Gasteiger partial charge >= 0.3 is 0 Å². The molecule has 10 aromatic carbocycles. The molecule has 0 fully saturated rings. The van der Waals surface area contributed by atoms with E-state index in [1.807, 2.05) is 0 Å². The summed E-state index contributed by atoms with van der Waals surface area (Å²) in [7, 11) is 0. The number of benzene rings is 10. The Bertz CT molecular complexity index is 4100. The van der Waals surface area contributed by atoms with Crippen LogP contribution in [0.1, 0.15) is 77.6 Å². The fraction of sp³-hybridized carbons (Fsp3) is 0.164. The molecule has 12 aromatic rings. The van der Waals surface area contributed by atoms with Gasteiger partial charge in [0.2, 0.25) is 0 Å². The molecule has 346 valence electrons. The van der Waals surface area contributed by atoms with E-state index in [-0.39, 0.29) is 16.2 Å². The quantitative estimate of drug-likeness (QED) is 0.166. The van der Waals surface area contributed by atoms with Gasteiger partial charge in [-0.1, -0.05) is 195 Å². The Labute approximate surface area is 415 Å². The van der Waals surface area contributed by atoms with Crippen molar-refractivity contribution >= 4 is 99.5 Å². The van der Waals surface area contributed by atoms with E-state index in [4.69, 9.17) is 8.83 Å². The smallest absolute Gasteiger partial charge is 0.159 e. The number of furan rings is 2. The second kappa shape index (κ2) is 15.5. The van der Waals surface area contributed by atoms with Crippen molar-refractivity contribution in [2.75, 3.05) is 9.80 Å². The SMILES string of the molecule is CC(C)(C)c1cccc2c1oc1c(N(c3ccccc3)c3ccc4c5c(ccc4c3)-c3c(cc4ccccc4c3N(c3ccccc3)c3cccc4c3oc3c(C(C)(C)C)cccc34)C5(C)C)cccc12. The molecule has 4 heteroatoms. The minimum absolute atomic E-state index is 0.0783. The second-order valence-electron chi connectivity index (χ2n) is 22.1. The van der Waals surface area contributed by atoms with Crippen molar-refractivity contribution in [2.45, 2.75) is 71.6 Å². The summed E-state index contributed by atoms with van der Waals surface area (Å²) in [6.07, 6.45) is 0. The van der Waals surface area contributed by atoms with Gasteiger partial charge in [0.1, 0.15) is 11.2 Å². The number of hydrogen-bond donors (Lipinski definition) is 0. The Hall–Kier alpha value is -8.08. The van der Waals surface area contributed by atoms with E-state index in [1.54, 1.807) is 0 Å². The van der Waals surface area contributed by atoms with E-state index in [2.05, 4.69) is 259 Å². The van der Waals surface area contributed by atoms with Gasteiger partial charge in [-0.05, 0) is 98.3 Å². The monoisotopic (exact) mass is 920 g/mol. The van der Waals surface area contributed by atoms with E-state index in [0.29, 0.717) is 0 Å². The second-order valence-corrected chi connectivity index (χ2v) is 22.1. The predicted molar refractivity (Wildman–Crippen MR) is 300 cm³/mol. The Morgan fingerprint density at radius 1 is 0.380 bits per heavy atom. The first kappa shape index (κ1) is 43.0. The molecule has 71 heavy (non-hydrogen) atoms. The number of rotatable bonds is 6. The molecule has 0 amide bonds. The van der Waals surface area contributed by atoms with Crippen LogP contribution < -0.4 is 9.80 Å². The minimum atomic E-state index is -0.344. The molecule has 0 atom stereocenters. The minimum Gasteiger partial charge on any atom is -0.454 e. The molecule has 0 bridgehead atoms. The molecule has 1 aliphatic rings. The summed E-state index contributed by atoms with van der Waals surface area (Å²) in [6.45, 7) is 18.4. The zero-order chi connectivity index (χ0) is 48.6. The molecule has 0 unspecified atom stereocenters. The van der Waals surface area contributed by atoms with Crippen molar-refractivity contribution in [1.82, 2.24) is 0 Å². The van der Waals surface area contributed by atoms with Gasteiger partial charge in [-0.2, -0.15) is 0 Å². The first-order valence-electron chi connectivity index (χ1n) is 25.0. The fourth-order valence-electron chi connectivity index (χ4n) is 11.9. The van der Waals surface area contributed by atoms with Crippen LogP contribution in [0.25, 0.3) is 76.5 Å². The van der Waals surface area contributed by atoms with Crippen LogP contribution in [0.5, 0.6) is 0 Å². The van der Waals surface area contributed by atoms with Gasteiger partial charge in [0.05, 0.1) is 17.1 Å². The maximum Gasteiger partial charge on any atom is 0.159 e. The van der Waals surface area contributed by atoms with Crippen LogP contribution in [-0.2, 0) is 16.2 Å². The van der Waals surface area contributed by atoms with Gasteiger partial charge < -0.3 is 18.6 Å². The molecule has 0 N–H and O–H groups in total. The zero-order valence-electron chi connectivity index (χ0n) is 41.7. The number of fused-ring (bicyclic) bond motifs is 12. The summed E-state index contributed by atoms with van der Waals surface area (Å²) in [4.78, 5) is 4.83. The van der Waals surface area contributed by atoms with Crippen molar-refractivity contribution < 1.29 is 8.83 Å². The highest BCUT2D eigenvalue weighted by atomic mass is 16.3. The van der Waals surface area contributed by atoms with Crippen molar-refractivity contribution in [1.29, 1.82) is 0 Å². The van der Waals surface area contributed by atoms with Crippen molar-refractivity contribution in [3.63, 3.8) is 0 Å². The largest absolute Gasteiger partial charge is 0.454 e. The number of nitrogens with zero attached hydrogens (tertiary/aromatic N) is 2. The highest BCUT2D eigenvalue weighted by Crippen LogP contribution is 2.59. The normalized spacial score (nSPS) is 13.5. The topological polar surface area (TPSA) is 32.8 Å². The Balaban J connectivity index is 1.04. The maximum absolute atomic E-state index is 7.16. The van der Waals surface area contributed by atoms with Gasteiger partial charge in [-0.3, -0.25) is 0 Å². The molecule has 0 radical (unpaired) electrons. The van der Waals surface area contributed by atoms with E-state index in [9.17, 15) is 0 Å². The van der Waals surface area contributed by atoms with Gasteiger partial charge in [-0.15, -0.1) is 0 Å². The molecule has 4 nitrogen and oxygen atoms in total. The zero-order valence-corrected chi connectivity index (χ0v) is 41.7. The molecular formula is C67H56N2O2. The van der Waals surface area contributed by atoms with Gasteiger partial charge in [-0.25, -0.2) is 0 Å². The highest BCUT2D eigenvalue weighted by Gasteiger charge is 2.41. The number of hydrogen-bond acceptors (Lipinski definition) is 4. The van der Waals surface area contributed by atoms with Crippen LogP contribution in [0, 0.1) is 0 Å². The molecular weight excluding hydrogens is 865 g/mol. The summed E-state index contributed by atoms with van der Waals surface area (Å²) in [5.41, 5.74) is 17.1. The average molecular weight is 921 g/mol. The summed E-state index contributed by atoms with van der Waals surface area (Å²) in [6, 6.07) is 71.0. The van der Waals surface area contributed by atoms with Crippen molar-refractivity contribution in [3.8, 4) is 11.1 Å². The van der Waals surface area contributed by atoms with Gasteiger partial charge in [0.25, 0.3) is 0 Å². The van der Waals surface area contributed by atoms with Crippen LogP contribution in [0.3, 0.4) is 0 Å². The summed E-state index contributed by atoms with van der Waals surface area (Å²) >= 11 is 0. The first-order valence-corrected chi connectivity index (χ1v) is 25.0. The van der Waals surface area contributed by atoms with E-state index in [0.717, 1.165) is 78.0 Å². The molecule has 0 aliphatic heterocycles. The van der Waals surface area contributed by atoms with Gasteiger partial charge in [0.15, 0.2) is 11.2 Å². The van der Waals surface area contributed by atoms with Crippen LogP contribution >= 0.6 is 0 Å². The Morgan fingerprint density at radius 3 is 1.44 bits per heavy atom. The Morgan fingerprint density at radius 2 is 0.859 bits per heavy atom. The lowest BCUT2D eigenvalue weighted by molar-refractivity contribution is 0.572. The molecule has 0 saturated heterocycles. The highest BCUT2D eigenvalue weighted by molar-refractivity contribution is 6.17. The molecule has 2 heterocycles. The molecule has 0 spiro atoms. The standard InChI is InChI=1S/C67H56N2O2/c1-65(2,3)53-31-17-27-48-50-29-19-33-56(63(50)70-61(48)53)68(43-22-11-9-12-23-43)45-36-38-46-42(39-45)35-37-52-58-55(67(7,8)59(46)52)40-41-21-15-16-26-47(41)60(58)69(44-24-13-10-14-25-44)57-34-20-30-51-49-28-18-32-54(66(4,5)6)62(49)71-64(51)57/h9-40H,1-8H3. The van der Waals surface area contributed by atoms with E-state index >= 15 is 0 Å².